The van der Waals surface area contributed by atoms with Crippen LogP contribution in [0.4, 0.5) is 0 Å². The fraction of sp³-hybridized carbons (Fsp3) is 1.00. The van der Waals surface area contributed by atoms with Crippen LogP contribution in [0.3, 0.4) is 0 Å². The SMILES string of the molecule is CCCCN(CCCC)CC(C)NCC. The molecular weight excluding hydrogens is 184 g/mol. The average molecular weight is 214 g/mol. The monoisotopic (exact) mass is 214 g/mol. The number of nitrogens with one attached hydrogen (secondary N) is 1. The molecule has 0 aliphatic carbocycles. The van der Waals surface area contributed by atoms with E-state index in [4.69, 9.17) is 0 Å². The summed E-state index contributed by atoms with van der Waals surface area (Å²) in [6, 6.07) is 0.628. The van der Waals surface area contributed by atoms with Crippen LogP contribution >= 0.6 is 0 Å². The second-order valence-corrected chi connectivity index (χ2v) is 4.47. The molecule has 0 radical (unpaired) electrons. The molecule has 2 heteroatoms. The van der Waals surface area contributed by atoms with Gasteiger partial charge in [0.25, 0.3) is 0 Å². The molecule has 0 aliphatic rings. The summed E-state index contributed by atoms with van der Waals surface area (Å²) in [5.74, 6) is 0. The second kappa shape index (κ2) is 10.4. The second-order valence-electron chi connectivity index (χ2n) is 4.47. The Bertz CT molecular complexity index is 118. The highest BCUT2D eigenvalue weighted by Gasteiger charge is 2.07. The van der Waals surface area contributed by atoms with Crippen molar-refractivity contribution in [3.05, 3.63) is 0 Å². The summed E-state index contributed by atoms with van der Waals surface area (Å²) in [5, 5.41) is 3.49. The van der Waals surface area contributed by atoms with Crippen molar-refractivity contribution >= 4 is 0 Å². The molecule has 0 amide bonds. The van der Waals surface area contributed by atoms with Crippen molar-refractivity contribution in [3.63, 3.8) is 0 Å². The van der Waals surface area contributed by atoms with Gasteiger partial charge >= 0.3 is 0 Å². The van der Waals surface area contributed by atoms with Crippen LogP contribution in [0, 0.1) is 0 Å². The van der Waals surface area contributed by atoms with Crippen LogP contribution in [0.15, 0.2) is 0 Å². The van der Waals surface area contributed by atoms with E-state index in [2.05, 4.69) is 37.9 Å². The zero-order chi connectivity index (χ0) is 11.5. The first-order valence-electron chi connectivity index (χ1n) is 6.70. The van der Waals surface area contributed by atoms with E-state index < -0.39 is 0 Å². The number of hydrogen-bond acceptors (Lipinski definition) is 2. The van der Waals surface area contributed by atoms with Crippen molar-refractivity contribution in [2.75, 3.05) is 26.2 Å². The third-order valence-electron chi connectivity index (χ3n) is 2.74. The van der Waals surface area contributed by atoms with Crippen LogP contribution in [-0.4, -0.2) is 37.1 Å². The number of unbranched alkanes of at least 4 members (excludes halogenated alkanes) is 2. The third kappa shape index (κ3) is 8.88. The molecule has 1 unspecified atom stereocenters. The van der Waals surface area contributed by atoms with Gasteiger partial charge in [0.2, 0.25) is 0 Å². The van der Waals surface area contributed by atoms with E-state index in [1.54, 1.807) is 0 Å². The molecule has 0 aromatic rings. The standard InChI is InChI=1S/C13H30N2/c1-5-8-10-15(11-9-6-2)12-13(4)14-7-3/h13-14H,5-12H2,1-4H3. The zero-order valence-electron chi connectivity index (χ0n) is 11.2. The molecule has 0 saturated carbocycles. The number of likely N-dealkylation sites (N-methyl/N-ethyl adjacent to an activating group) is 1. The summed E-state index contributed by atoms with van der Waals surface area (Å²) in [5.41, 5.74) is 0. The minimum absolute atomic E-state index is 0.628. The highest BCUT2D eigenvalue weighted by Crippen LogP contribution is 2.00. The van der Waals surface area contributed by atoms with E-state index >= 15 is 0 Å². The Morgan fingerprint density at radius 2 is 1.53 bits per heavy atom. The van der Waals surface area contributed by atoms with Gasteiger partial charge in [-0.2, -0.15) is 0 Å². The maximum atomic E-state index is 3.49. The van der Waals surface area contributed by atoms with Gasteiger partial charge in [0, 0.05) is 12.6 Å². The molecule has 0 fully saturated rings. The van der Waals surface area contributed by atoms with Crippen LogP contribution in [0.1, 0.15) is 53.4 Å². The minimum Gasteiger partial charge on any atom is -0.313 e. The average Bonchev–Trinajstić information content (AvgIpc) is 2.22. The first kappa shape index (κ1) is 14.9. The fourth-order valence-electron chi connectivity index (χ4n) is 1.86. The van der Waals surface area contributed by atoms with Gasteiger partial charge in [0.05, 0.1) is 0 Å². The molecule has 0 saturated heterocycles. The highest BCUT2D eigenvalue weighted by atomic mass is 15.1. The molecule has 0 aliphatic heterocycles. The number of nitrogens with zero attached hydrogens (tertiary/aromatic N) is 1. The number of hydrogen-bond donors (Lipinski definition) is 1. The van der Waals surface area contributed by atoms with E-state index in [0.717, 1.165) is 6.54 Å². The van der Waals surface area contributed by atoms with Crippen molar-refractivity contribution in [1.29, 1.82) is 0 Å². The molecule has 0 spiro atoms. The summed E-state index contributed by atoms with van der Waals surface area (Å²) in [4.78, 5) is 2.61. The Morgan fingerprint density at radius 3 is 1.93 bits per heavy atom. The Labute approximate surface area is 96.4 Å². The highest BCUT2D eigenvalue weighted by molar-refractivity contribution is 4.67. The molecule has 0 aromatic heterocycles. The third-order valence-corrected chi connectivity index (χ3v) is 2.74. The summed E-state index contributed by atoms with van der Waals surface area (Å²) in [7, 11) is 0. The van der Waals surface area contributed by atoms with E-state index in [-0.39, 0.29) is 0 Å². The van der Waals surface area contributed by atoms with Crippen LogP contribution in [0.5, 0.6) is 0 Å². The Balaban J connectivity index is 3.76. The van der Waals surface area contributed by atoms with Gasteiger partial charge in [-0.3, -0.25) is 0 Å². The summed E-state index contributed by atoms with van der Waals surface area (Å²) < 4.78 is 0. The molecule has 2 nitrogen and oxygen atoms in total. The molecule has 1 N–H and O–H groups in total. The lowest BCUT2D eigenvalue weighted by molar-refractivity contribution is 0.241. The quantitative estimate of drug-likeness (QED) is 0.601. The molecule has 92 valence electrons. The van der Waals surface area contributed by atoms with Gasteiger partial charge in [0.1, 0.15) is 0 Å². The van der Waals surface area contributed by atoms with Crippen molar-refractivity contribution < 1.29 is 0 Å². The maximum absolute atomic E-state index is 3.49. The molecule has 1 atom stereocenters. The lowest BCUT2D eigenvalue weighted by atomic mass is 10.2. The Hall–Kier alpha value is -0.0800. The summed E-state index contributed by atoms with van der Waals surface area (Å²) in [6.45, 7) is 13.8. The largest absolute Gasteiger partial charge is 0.313 e. The summed E-state index contributed by atoms with van der Waals surface area (Å²) >= 11 is 0. The summed E-state index contributed by atoms with van der Waals surface area (Å²) in [6.07, 6.45) is 5.28. The molecule has 0 heterocycles. The molecule has 0 aromatic carbocycles. The topological polar surface area (TPSA) is 15.3 Å². The first-order valence-corrected chi connectivity index (χ1v) is 6.70. The van der Waals surface area contributed by atoms with Crippen LogP contribution in [0.2, 0.25) is 0 Å². The Kier molecular flexibility index (Phi) is 10.4. The van der Waals surface area contributed by atoms with Gasteiger partial charge in [-0.05, 0) is 39.4 Å². The molecule has 0 rings (SSSR count). The van der Waals surface area contributed by atoms with Gasteiger partial charge < -0.3 is 10.2 Å². The van der Waals surface area contributed by atoms with E-state index in [0.29, 0.717) is 6.04 Å². The van der Waals surface area contributed by atoms with Gasteiger partial charge in [0.15, 0.2) is 0 Å². The Morgan fingerprint density at radius 1 is 1.00 bits per heavy atom. The maximum Gasteiger partial charge on any atom is 0.0166 e. The normalized spacial score (nSPS) is 13.4. The van der Waals surface area contributed by atoms with Crippen LogP contribution in [-0.2, 0) is 0 Å². The smallest absolute Gasteiger partial charge is 0.0166 e. The van der Waals surface area contributed by atoms with Crippen LogP contribution < -0.4 is 5.32 Å². The zero-order valence-corrected chi connectivity index (χ0v) is 11.2. The molecular formula is C13H30N2. The molecule has 0 bridgehead atoms. The van der Waals surface area contributed by atoms with E-state index in [9.17, 15) is 0 Å². The van der Waals surface area contributed by atoms with Crippen molar-refractivity contribution in [2.24, 2.45) is 0 Å². The van der Waals surface area contributed by atoms with Gasteiger partial charge in [-0.15, -0.1) is 0 Å². The lowest BCUT2D eigenvalue weighted by Gasteiger charge is -2.25. The lowest BCUT2D eigenvalue weighted by Crippen LogP contribution is -2.40. The predicted octanol–water partition coefficient (Wildman–Crippen LogP) is 2.89. The minimum atomic E-state index is 0.628. The van der Waals surface area contributed by atoms with Crippen molar-refractivity contribution in [3.8, 4) is 0 Å². The molecule has 15 heavy (non-hydrogen) atoms. The van der Waals surface area contributed by atoms with Crippen molar-refractivity contribution in [1.82, 2.24) is 10.2 Å². The van der Waals surface area contributed by atoms with Crippen LogP contribution in [0.25, 0.3) is 0 Å². The fourth-order valence-corrected chi connectivity index (χ4v) is 1.86. The first-order chi connectivity index (χ1) is 7.24. The van der Waals surface area contributed by atoms with Gasteiger partial charge in [-0.1, -0.05) is 33.6 Å². The van der Waals surface area contributed by atoms with E-state index in [1.165, 1.54) is 45.3 Å². The predicted molar refractivity (Wildman–Crippen MR) is 69.4 cm³/mol. The van der Waals surface area contributed by atoms with Crippen molar-refractivity contribution in [2.45, 2.75) is 59.4 Å². The van der Waals surface area contributed by atoms with E-state index in [1.807, 2.05) is 0 Å². The number of rotatable bonds is 10. The van der Waals surface area contributed by atoms with Gasteiger partial charge in [-0.25, -0.2) is 0 Å².